The van der Waals surface area contributed by atoms with E-state index in [1.54, 1.807) is 0 Å². The van der Waals surface area contributed by atoms with Gasteiger partial charge in [0, 0.05) is 24.4 Å². The maximum absolute atomic E-state index is 11.7. The second-order valence-corrected chi connectivity index (χ2v) is 4.49. The summed E-state index contributed by atoms with van der Waals surface area (Å²) in [7, 11) is 0. The number of hydrogen-bond acceptors (Lipinski definition) is 2. The predicted octanol–water partition coefficient (Wildman–Crippen LogP) is 2.27. The van der Waals surface area contributed by atoms with Crippen LogP contribution in [-0.2, 0) is 6.42 Å². The molecular weight excluding hydrogens is 244 g/mol. The van der Waals surface area contributed by atoms with E-state index >= 15 is 0 Å². The van der Waals surface area contributed by atoms with Crippen molar-refractivity contribution in [2.75, 3.05) is 12.3 Å². The van der Waals surface area contributed by atoms with Gasteiger partial charge in [-0.1, -0.05) is 30.3 Å². The van der Waals surface area contributed by atoms with E-state index in [0.29, 0.717) is 18.0 Å². The Labute approximate surface area is 112 Å². The molecule has 1 aromatic carbocycles. The first-order valence-corrected chi connectivity index (χ1v) is 6.53. The first-order valence-electron chi connectivity index (χ1n) is 5.90. The summed E-state index contributed by atoms with van der Waals surface area (Å²) in [6, 6.07) is 13.9. The van der Waals surface area contributed by atoms with Crippen LogP contribution in [0.4, 0.5) is 0 Å². The van der Waals surface area contributed by atoms with Gasteiger partial charge in [0.2, 0.25) is 0 Å². The molecule has 0 fully saturated rings. The lowest BCUT2D eigenvalue weighted by Crippen LogP contribution is -2.25. The van der Waals surface area contributed by atoms with Crippen LogP contribution in [0.5, 0.6) is 0 Å². The number of aromatic amines is 1. The molecule has 0 spiro atoms. The average Bonchev–Trinajstić information content (AvgIpc) is 2.86. The lowest BCUT2D eigenvalue weighted by Gasteiger charge is -2.01. The highest BCUT2D eigenvalue weighted by molar-refractivity contribution is 7.80. The van der Waals surface area contributed by atoms with Crippen molar-refractivity contribution in [1.29, 1.82) is 0 Å². The molecule has 0 bridgehead atoms. The van der Waals surface area contributed by atoms with Crippen molar-refractivity contribution in [3.63, 3.8) is 0 Å². The average molecular weight is 260 g/mol. The summed E-state index contributed by atoms with van der Waals surface area (Å²) in [5.41, 5.74) is 2.86. The number of thiol groups is 1. The first-order chi connectivity index (χ1) is 8.79. The highest BCUT2D eigenvalue weighted by Gasteiger charge is 2.07. The molecule has 0 aliphatic carbocycles. The maximum Gasteiger partial charge on any atom is 0.267 e. The molecule has 0 saturated carbocycles. The Bertz CT molecular complexity index is 508. The number of benzene rings is 1. The molecule has 0 atom stereocenters. The number of amides is 1. The Morgan fingerprint density at radius 3 is 2.67 bits per heavy atom. The smallest absolute Gasteiger partial charge is 0.267 e. The lowest BCUT2D eigenvalue weighted by atomic mass is 10.1. The van der Waals surface area contributed by atoms with Gasteiger partial charge in [-0.05, 0) is 17.7 Å². The van der Waals surface area contributed by atoms with Crippen LogP contribution in [0.2, 0.25) is 0 Å². The van der Waals surface area contributed by atoms with E-state index in [0.717, 1.165) is 12.1 Å². The number of nitrogens with one attached hydrogen (secondary N) is 2. The van der Waals surface area contributed by atoms with E-state index in [2.05, 4.69) is 35.1 Å². The van der Waals surface area contributed by atoms with Gasteiger partial charge < -0.3 is 10.3 Å². The number of hydrogen-bond donors (Lipinski definition) is 3. The van der Waals surface area contributed by atoms with Gasteiger partial charge in [0.15, 0.2) is 0 Å². The van der Waals surface area contributed by atoms with Gasteiger partial charge in [0.1, 0.15) is 5.69 Å². The van der Waals surface area contributed by atoms with Crippen LogP contribution in [0.25, 0.3) is 0 Å². The van der Waals surface area contributed by atoms with E-state index in [1.165, 1.54) is 5.56 Å². The van der Waals surface area contributed by atoms with E-state index in [4.69, 9.17) is 0 Å². The van der Waals surface area contributed by atoms with Crippen molar-refractivity contribution in [1.82, 2.24) is 10.3 Å². The minimum Gasteiger partial charge on any atom is -0.354 e. The van der Waals surface area contributed by atoms with Crippen LogP contribution >= 0.6 is 12.6 Å². The molecular formula is C14H16N2OS. The van der Waals surface area contributed by atoms with Crippen molar-refractivity contribution in [2.45, 2.75) is 6.42 Å². The Morgan fingerprint density at radius 2 is 1.94 bits per heavy atom. The normalized spacial score (nSPS) is 10.3. The lowest BCUT2D eigenvalue weighted by molar-refractivity contribution is 0.0951. The fraction of sp³-hybridized carbons (Fsp3) is 0.214. The minimum atomic E-state index is -0.0802. The summed E-state index contributed by atoms with van der Waals surface area (Å²) < 4.78 is 0. The molecule has 0 saturated heterocycles. The fourth-order valence-corrected chi connectivity index (χ4v) is 1.87. The molecule has 94 valence electrons. The molecule has 0 unspecified atom stereocenters. The highest BCUT2D eigenvalue weighted by atomic mass is 32.1. The predicted molar refractivity (Wildman–Crippen MR) is 76.2 cm³/mol. The second-order valence-electron chi connectivity index (χ2n) is 4.04. The van der Waals surface area contributed by atoms with Gasteiger partial charge in [-0.3, -0.25) is 4.79 Å². The summed E-state index contributed by atoms with van der Waals surface area (Å²) in [5.74, 6) is 0.562. The summed E-state index contributed by atoms with van der Waals surface area (Å²) >= 11 is 4.05. The molecule has 2 rings (SSSR count). The van der Waals surface area contributed by atoms with E-state index in [9.17, 15) is 4.79 Å². The Hall–Kier alpha value is -1.68. The van der Waals surface area contributed by atoms with Crippen molar-refractivity contribution in [2.24, 2.45) is 0 Å². The van der Waals surface area contributed by atoms with Crippen molar-refractivity contribution < 1.29 is 4.79 Å². The number of rotatable bonds is 5. The minimum absolute atomic E-state index is 0.0802. The zero-order chi connectivity index (χ0) is 12.8. The topological polar surface area (TPSA) is 44.9 Å². The number of carbonyl (C=O) groups excluding carboxylic acids is 1. The standard InChI is InChI=1S/C14H16N2OS/c17-14(15-8-9-18)13-7-6-12(16-13)10-11-4-2-1-3-5-11/h1-7,16,18H,8-10H2,(H,15,17). The molecule has 2 N–H and O–H groups in total. The van der Waals surface area contributed by atoms with Crippen LogP contribution in [0, 0.1) is 0 Å². The van der Waals surface area contributed by atoms with Crippen molar-refractivity contribution >= 4 is 18.5 Å². The molecule has 1 amide bonds. The summed E-state index contributed by atoms with van der Waals surface area (Å²) in [6.45, 7) is 0.578. The van der Waals surface area contributed by atoms with E-state index in [1.807, 2.05) is 30.3 Å². The zero-order valence-corrected chi connectivity index (χ0v) is 10.9. The quantitative estimate of drug-likeness (QED) is 0.709. The molecule has 0 aliphatic heterocycles. The Morgan fingerprint density at radius 1 is 1.17 bits per heavy atom. The summed E-state index contributed by atoms with van der Waals surface area (Å²) in [4.78, 5) is 14.8. The van der Waals surface area contributed by atoms with Gasteiger partial charge in [-0.15, -0.1) is 0 Å². The van der Waals surface area contributed by atoms with Crippen LogP contribution in [0.15, 0.2) is 42.5 Å². The molecule has 4 heteroatoms. The Balaban J connectivity index is 2.00. The third-order valence-electron chi connectivity index (χ3n) is 2.63. The molecule has 1 heterocycles. The van der Waals surface area contributed by atoms with Crippen LogP contribution in [-0.4, -0.2) is 23.2 Å². The van der Waals surface area contributed by atoms with Gasteiger partial charge in [0.05, 0.1) is 0 Å². The molecule has 0 aliphatic rings. The van der Waals surface area contributed by atoms with Crippen molar-refractivity contribution in [3.8, 4) is 0 Å². The zero-order valence-electron chi connectivity index (χ0n) is 10.0. The van der Waals surface area contributed by atoms with Crippen LogP contribution in [0.3, 0.4) is 0 Å². The van der Waals surface area contributed by atoms with Crippen molar-refractivity contribution in [3.05, 3.63) is 59.4 Å². The van der Waals surface area contributed by atoms with Gasteiger partial charge >= 0.3 is 0 Å². The summed E-state index contributed by atoms with van der Waals surface area (Å²) in [6.07, 6.45) is 0.806. The molecule has 3 nitrogen and oxygen atoms in total. The van der Waals surface area contributed by atoms with Crippen LogP contribution in [0.1, 0.15) is 21.7 Å². The highest BCUT2D eigenvalue weighted by Crippen LogP contribution is 2.09. The Kier molecular flexibility index (Phi) is 4.47. The molecule has 2 aromatic rings. The van der Waals surface area contributed by atoms with E-state index < -0.39 is 0 Å². The third-order valence-corrected chi connectivity index (χ3v) is 2.85. The number of H-pyrrole nitrogens is 1. The number of aromatic nitrogens is 1. The monoisotopic (exact) mass is 260 g/mol. The second kappa shape index (κ2) is 6.31. The van der Waals surface area contributed by atoms with Gasteiger partial charge in [-0.25, -0.2) is 0 Å². The SMILES string of the molecule is O=C(NCCS)c1ccc(Cc2ccccc2)[nH]1. The molecule has 18 heavy (non-hydrogen) atoms. The largest absolute Gasteiger partial charge is 0.354 e. The van der Waals surface area contributed by atoms with Gasteiger partial charge in [0.25, 0.3) is 5.91 Å². The molecule has 0 radical (unpaired) electrons. The maximum atomic E-state index is 11.7. The van der Waals surface area contributed by atoms with Crippen LogP contribution < -0.4 is 5.32 Å². The number of carbonyl (C=O) groups is 1. The first kappa shape index (κ1) is 12.8. The van der Waals surface area contributed by atoms with E-state index in [-0.39, 0.29) is 5.91 Å². The van der Waals surface area contributed by atoms with Gasteiger partial charge in [-0.2, -0.15) is 12.6 Å². The fourth-order valence-electron chi connectivity index (χ4n) is 1.76. The third kappa shape index (κ3) is 3.40. The summed E-state index contributed by atoms with van der Waals surface area (Å²) in [5, 5.41) is 2.78. The molecule has 1 aromatic heterocycles.